The van der Waals surface area contributed by atoms with Crippen LogP contribution in [0.5, 0.6) is 23.0 Å². The van der Waals surface area contributed by atoms with E-state index in [9.17, 15) is 13.6 Å². The SMILES string of the molecule is COc1cc(C(=O)/C=C/c2cccc(OC)c2OCc2ccc(Cl)c(Cl)c2)ccc1OC(F)F. The summed E-state index contributed by atoms with van der Waals surface area (Å²) >= 11 is 12.0. The van der Waals surface area contributed by atoms with Gasteiger partial charge in [0, 0.05) is 11.1 Å². The number of ketones is 1. The van der Waals surface area contributed by atoms with Gasteiger partial charge in [0.1, 0.15) is 6.61 Å². The van der Waals surface area contributed by atoms with Gasteiger partial charge in [0.15, 0.2) is 28.8 Å². The standard InChI is InChI=1S/C25H20Cl2F2O5/c1-31-22-5-3-4-16(24(22)33-14-15-6-9-18(26)19(27)12-15)7-10-20(30)17-8-11-21(34-25(28)29)23(13-17)32-2/h3-13,25H,14H2,1-2H3/b10-7+. The van der Waals surface area contributed by atoms with Crippen molar-refractivity contribution in [1.82, 2.24) is 0 Å². The van der Waals surface area contributed by atoms with Crippen molar-refractivity contribution in [1.29, 1.82) is 0 Å². The molecule has 0 aliphatic carbocycles. The molecule has 0 radical (unpaired) electrons. The molecule has 34 heavy (non-hydrogen) atoms. The van der Waals surface area contributed by atoms with Crippen LogP contribution in [0.25, 0.3) is 6.08 Å². The first-order valence-electron chi connectivity index (χ1n) is 9.91. The van der Waals surface area contributed by atoms with E-state index in [4.69, 9.17) is 37.4 Å². The lowest BCUT2D eigenvalue weighted by Crippen LogP contribution is -2.04. The molecule has 0 bridgehead atoms. The molecule has 0 aromatic heterocycles. The van der Waals surface area contributed by atoms with Crippen LogP contribution in [-0.2, 0) is 6.61 Å². The van der Waals surface area contributed by atoms with E-state index in [1.54, 1.807) is 42.5 Å². The molecule has 0 saturated heterocycles. The van der Waals surface area contributed by atoms with Gasteiger partial charge < -0.3 is 18.9 Å². The second-order valence-corrected chi connectivity index (χ2v) is 7.67. The number of rotatable bonds is 10. The Morgan fingerprint density at radius 2 is 1.71 bits per heavy atom. The molecule has 0 heterocycles. The minimum atomic E-state index is -3.01. The average molecular weight is 509 g/mol. The van der Waals surface area contributed by atoms with Crippen molar-refractivity contribution in [3.63, 3.8) is 0 Å². The number of allylic oxidation sites excluding steroid dienone is 1. The van der Waals surface area contributed by atoms with Gasteiger partial charge in [-0.3, -0.25) is 4.79 Å². The van der Waals surface area contributed by atoms with E-state index < -0.39 is 6.61 Å². The molecule has 0 spiro atoms. The highest BCUT2D eigenvalue weighted by molar-refractivity contribution is 6.42. The number of alkyl halides is 2. The van der Waals surface area contributed by atoms with Crippen LogP contribution < -0.4 is 18.9 Å². The van der Waals surface area contributed by atoms with Crippen LogP contribution in [0.1, 0.15) is 21.5 Å². The monoisotopic (exact) mass is 508 g/mol. The van der Waals surface area contributed by atoms with Gasteiger partial charge in [-0.1, -0.05) is 41.4 Å². The maximum Gasteiger partial charge on any atom is 0.387 e. The van der Waals surface area contributed by atoms with Crippen molar-refractivity contribution in [3.05, 3.63) is 87.4 Å². The number of hydrogen-bond acceptors (Lipinski definition) is 5. The van der Waals surface area contributed by atoms with Crippen LogP contribution in [0.3, 0.4) is 0 Å². The number of hydrogen-bond donors (Lipinski definition) is 0. The molecule has 5 nitrogen and oxygen atoms in total. The minimum Gasteiger partial charge on any atom is -0.493 e. The third-order valence-corrected chi connectivity index (χ3v) is 5.41. The molecule has 178 valence electrons. The van der Waals surface area contributed by atoms with Crippen molar-refractivity contribution in [2.75, 3.05) is 14.2 Å². The summed E-state index contributed by atoms with van der Waals surface area (Å²) in [5.74, 6) is 0.388. The smallest absolute Gasteiger partial charge is 0.387 e. The van der Waals surface area contributed by atoms with Gasteiger partial charge in [-0.15, -0.1) is 0 Å². The Morgan fingerprint density at radius 3 is 2.38 bits per heavy atom. The number of carbonyl (C=O) groups is 1. The number of benzene rings is 3. The van der Waals surface area contributed by atoms with Gasteiger partial charge >= 0.3 is 6.61 Å². The van der Waals surface area contributed by atoms with Crippen molar-refractivity contribution < 1.29 is 32.5 Å². The molecule has 0 N–H and O–H groups in total. The van der Waals surface area contributed by atoms with E-state index >= 15 is 0 Å². The van der Waals surface area contributed by atoms with E-state index in [0.29, 0.717) is 27.1 Å². The van der Waals surface area contributed by atoms with Crippen LogP contribution >= 0.6 is 23.2 Å². The van der Waals surface area contributed by atoms with Crippen molar-refractivity contribution in [2.45, 2.75) is 13.2 Å². The largest absolute Gasteiger partial charge is 0.493 e. The Bertz CT molecular complexity index is 1200. The molecule has 0 amide bonds. The van der Waals surface area contributed by atoms with E-state index in [0.717, 1.165) is 5.56 Å². The first-order valence-corrected chi connectivity index (χ1v) is 10.7. The highest BCUT2D eigenvalue weighted by Crippen LogP contribution is 2.34. The summed E-state index contributed by atoms with van der Waals surface area (Å²) in [7, 11) is 2.81. The Labute approximate surface area is 205 Å². The molecule has 0 saturated carbocycles. The van der Waals surface area contributed by atoms with Gasteiger partial charge in [0.25, 0.3) is 0 Å². The van der Waals surface area contributed by atoms with E-state index in [-0.39, 0.29) is 29.5 Å². The summed E-state index contributed by atoms with van der Waals surface area (Å²) in [5, 5.41) is 0.851. The minimum absolute atomic E-state index is 0.0200. The van der Waals surface area contributed by atoms with Gasteiger partial charge in [-0.05, 0) is 54.1 Å². The zero-order valence-electron chi connectivity index (χ0n) is 18.2. The fourth-order valence-electron chi connectivity index (χ4n) is 3.04. The molecule has 3 rings (SSSR count). The summed E-state index contributed by atoms with van der Waals surface area (Å²) < 4.78 is 45.9. The van der Waals surface area contributed by atoms with Gasteiger partial charge in [-0.2, -0.15) is 8.78 Å². The maximum atomic E-state index is 12.7. The van der Waals surface area contributed by atoms with Crippen molar-refractivity contribution >= 4 is 35.1 Å². The predicted octanol–water partition coefficient (Wildman–Crippen LogP) is 7.09. The normalized spacial score (nSPS) is 11.0. The van der Waals surface area contributed by atoms with Crippen LogP contribution in [0.2, 0.25) is 10.0 Å². The fourth-order valence-corrected chi connectivity index (χ4v) is 3.36. The predicted molar refractivity (Wildman–Crippen MR) is 127 cm³/mol. The number of halogens is 4. The molecule has 0 atom stereocenters. The molecule has 0 aliphatic rings. The van der Waals surface area contributed by atoms with Crippen LogP contribution in [0, 0.1) is 0 Å². The first kappa shape index (κ1) is 25.3. The fraction of sp³-hybridized carbons (Fsp3) is 0.160. The summed E-state index contributed by atoms with van der Waals surface area (Å²) in [4.78, 5) is 12.7. The topological polar surface area (TPSA) is 54.0 Å². The maximum absolute atomic E-state index is 12.7. The van der Waals surface area contributed by atoms with E-state index in [1.165, 1.54) is 38.5 Å². The van der Waals surface area contributed by atoms with Gasteiger partial charge in [0.05, 0.1) is 24.3 Å². The summed E-state index contributed by atoms with van der Waals surface area (Å²) in [6.45, 7) is -2.82. The zero-order chi connectivity index (χ0) is 24.7. The lowest BCUT2D eigenvalue weighted by Gasteiger charge is -2.14. The first-order chi connectivity index (χ1) is 16.3. The molecule has 3 aromatic rings. The number of para-hydroxylation sites is 1. The molecular weight excluding hydrogens is 489 g/mol. The number of ether oxygens (including phenoxy) is 4. The lowest BCUT2D eigenvalue weighted by atomic mass is 10.1. The van der Waals surface area contributed by atoms with Crippen LogP contribution in [0.4, 0.5) is 8.78 Å². The van der Waals surface area contributed by atoms with Crippen molar-refractivity contribution in [3.8, 4) is 23.0 Å². The Kier molecular flexibility index (Phi) is 8.73. The van der Waals surface area contributed by atoms with Crippen LogP contribution in [0.15, 0.2) is 60.7 Å². The Balaban J connectivity index is 1.82. The number of methoxy groups -OCH3 is 2. The summed E-state index contributed by atoms with van der Waals surface area (Å²) in [5.41, 5.74) is 1.62. The molecule has 0 unspecified atom stereocenters. The second kappa shape index (κ2) is 11.7. The number of carbonyl (C=O) groups excluding carboxylic acids is 1. The van der Waals surface area contributed by atoms with Crippen molar-refractivity contribution in [2.24, 2.45) is 0 Å². The molecular formula is C25H20Cl2F2O5. The van der Waals surface area contributed by atoms with E-state index in [1.807, 2.05) is 0 Å². The molecule has 0 aliphatic heterocycles. The van der Waals surface area contributed by atoms with Crippen LogP contribution in [-0.4, -0.2) is 26.6 Å². The third kappa shape index (κ3) is 6.40. The summed E-state index contributed by atoms with van der Waals surface area (Å²) in [6, 6.07) is 14.4. The summed E-state index contributed by atoms with van der Waals surface area (Å²) in [6.07, 6.45) is 2.91. The molecule has 9 heteroatoms. The molecule has 3 aromatic carbocycles. The average Bonchev–Trinajstić information content (AvgIpc) is 2.83. The second-order valence-electron chi connectivity index (χ2n) is 6.86. The lowest BCUT2D eigenvalue weighted by molar-refractivity contribution is -0.0512. The quantitative estimate of drug-likeness (QED) is 0.216. The molecule has 0 fully saturated rings. The van der Waals surface area contributed by atoms with Gasteiger partial charge in [0.2, 0.25) is 0 Å². The highest BCUT2D eigenvalue weighted by atomic mass is 35.5. The van der Waals surface area contributed by atoms with E-state index in [2.05, 4.69) is 4.74 Å². The third-order valence-electron chi connectivity index (χ3n) is 4.67. The van der Waals surface area contributed by atoms with Gasteiger partial charge in [-0.25, -0.2) is 0 Å². The zero-order valence-corrected chi connectivity index (χ0v) is 19.7. The highest BCUT2D eigenvalue weighted by Gasteiger charge is 2.14. The Hall–Kier alpha value is -3.29. The Morgan fingerprint density at radius 1 is 0.941 bits per heavy atom.